The average Bonchev–Trinajstić information content (AvgIpc) is 2.85. The maximum Gasteiger partial charge on any atom is 0.309 e. The fourth-order valence-corrected chi connectivity index (χ4v) is 3.85. The lowest BCUT2D eigenvalue weighted by molar-refractivity contribution is -0.158. The van der Waals surface area contributed by atoms with E-state index in [0.29, 0.717) is 32.5 Å². The first-order valence-corrected chi connectivity index (χ1v) is 11.5. The van der Waals surface area contributed by atoms with Gasteiger partial charge in [0, 0.05) is 31.8 Å². The van der Waals surface area contributed by atoms with E-state index in [4.69, 9.17) is 4.74 Å². The predicted octanol–water partition coefficient (Wildman–Crippen LogP) is 3.92. The van der Waals surface area contributed by atoms with Crippen molar-refractivity contribution in [3.63, 3.8) is 0 Å². The van der Waals surface area contributed by atoms with Crippen molar-refractivity contribution in [1.29, 1.82) is 0 Å². The molecule has 0 unspecified atom stereocenters. The molecule has 1 heterocycles. The Labute approximate surface area is 195 Å². The summed E-state index contributed by atoms with van der Waals surface area (Å²) in [6, 6.07) is 19.4. The second-order valence-corrected chi connectivity index (χ2v) is 8.55. The lowest BCUT2D eigenvalue weighted by Gasteiger charge is -2.30. The Kier molecular flexibility index (Phi) is 8.81. The number of ether oxygens (including phenoxy) is 1. The number of benzene rings is 2. The first-order valence-electron chi connectivity index (χ1n) is 11.5. The van der Waals surface area contributed by atoms with Crippen molar-refractivity contribution in [2.24, 2.45) is 5.92 Å². The van der Waals surface area contributed by atoms with E-state index in [1.54, 1.807) is 22.0 Å². The average molecular weight is 449 g/mol. The summed E-state index contributed by atoms with van der Waals surface area (Å²) < 4.78 is 5.37. The van der Waals surface area contributed by atoms with E-state index < -0.39 is 0 Å². The minimum atomic E-state index is -0.362. The molecule has 1 saturated heterocycles. The highest BCUT2D eigenvalue weighted by Gasteiger charge is 2.28. The number of hydrogen-bond donors (Lipinski definition) is 0. The summed E-state index contributed by atoms with van der Waals surface area (Å²) in [4.78, 5) is 41.1. The zero-order valence-electron chi connectivity index (χ0n) is 19.4. The van der Waals surface area contributed by atoms with Crippen molar-refractivity contribution in [2.75, 3.05) is 19.7 Å². The van der Waals surface area contributed by atoms with Crippen LogP contribution in [0.4, 0.5) is 0 Å². The van der Waals surface area contributed by atoms with Crippen molar-refractivity contribution in [2.45, 2.75) is 39.3 Å². The third-order valence-electron chi connectivity index (χ3n) is 5.84. The molecule has 0 radical (unpaired) electrons. The Bertz CT molecular complexity index is 949. The second kappa shape index (κ2) is 12.0. The highest BCUT2D eigenvalue weighted by atomic mass is 16.5. The number of nitrogens with zero attached hydrogens (tertiary/aromatic N) is 2. The van der Waals surface area contributed by atoms with Crippen molar-refractivity contribution in [3.05, 3.63) is 77.9 Å². The molecule has 1 fully saturated rings. The van der Waals surface area contributed by atoms with Gasteiger partial charge in [-0.05, 0) is 43.9 Å². The normalized spacial score (nSPS) is 14.5. The Balaban J connectivity index is 1.44. The van der Waals surface area contributed by atoms with Crippen LogP contribution in [0, 0.1) is 5.92 Å². The quantitative estimate of drug-likeness (QED) is 0.454. The highest BCUT2D eigenvalue weighted by molar-refractivity contribution is 5.92. The van der Waals surface area contributed by atoms with Crippen LogP contribution in [-0.4, -0.2) is 53.3 Å². The third kappa shape index (κ3) is 7.31. The maximum atomic E-state index is 12.7. The number of amides is 2. The van der Waals surface area contributed by atoms with Crippen LogP contribution in [0.25, 0.3) is 6.08 Å². The first kappa shape index (κ1) is 24.2. The van der Waals surface area contributed by atoms with Gasteiger partial charge in [-0.15, -0.1) is 0 Å². The van der Waals surface area contributed by atoms with E-state index in [1.165, 1.54) is 0 Å². The molecular formula is C27H32N2O4. The molecule has 6 nitrogen and oxygen atoms in total. The van der Waals surface area contributed by atoms with E-state index in [1.807, 2.05) is 74.5 Å². The summed E-state index contributed by atoms with van der Waals surface area (Å²) in [6.07, 6.45) is 4.44. The molecule has 2 aromatic rings. The van der Waals surface area contributed by atoms with Crippen LogP contribution in [-0.2, 0) is 25.7 Å². The molecule has 0 aliphatic carbocycles. The van der Waals surface area contributed by atoms with Gasteiger partial charge in [-0.3, -0.25) is 14.4 Å². The highest BCUT2D eigenvalue weighted by Crippen LogP contribution is 2.19. The fraction of sp³-hybridized carbons (Fsp3) is 0.370. The molecular weight excluding hydrogens is 416 g/mol. The predicted molar refractivity (Wildman–Crippen MR) is 128 cm³/mol. The number of rotatable bonds is 8. The number of esters is 1. The minimum absolute atomic E-state index is 0.00500. The number of hydrogen-bond acceptors (Lipinski definition) is 4. The molecule has 0 atom stereocenters. The molecule has 2 amide bonds. The van der Waals surface area contributed by atoms with E-state index in [9.17, 15) is 14.4 Å². The van der Waals surface area contributed by atoms with E-state index in [0.717, 1.165) is 11.1 Å². The summed E-state index contributed by atoms with van der Waals surface area (Å²) >= 11 is 0. The summed E-state index contributed by atoms with van der Waals surface area (Å²) in [6.45, 7) is 5.10. The molecule has 1 aliphatic heterocycles. The van der Waals surface area contributed by atoms with Gasteiger partial charge >= 0.3 is 5.97 Å². The number of carbonyl (C=O) groups excluding carboxylic acids is 3. The van der Waals surface area contributed by atoms with Gasteiger partial charge in [0.25, 0.3) is 5.91 Å². The van der Waals surface area contributed by atoms with Crippen molar-refractivity contribution >= 4 is 23.9 Å². The van der Waals surface area contributed by atoms with Crippen LogP contribution >= 0.6 is 0 Å². The van der Waals surface area contributed by atoms with Gasteiger partial charge in [-0.25, -0.2) is 0 Å². The first-order chi connectivity index (χ1) is 15.9. The van der Waals surface area contributed by atoms with E-state index >= 15 is 0 Å². The monoisotopic (exact) mass is 448 g/mol. The number of likely N-dealkylation sites (tertiary alicyclic amines) is 1. The van der Waals surface area contributed by atoms with Gasteiger partial charge in [0.15, 0.2) is 6.61 Å². The molecule has 33 heavy (non-hydrogen) atoms. The smallest absolute Gasteiger partial charge is 0.309 e. The number of piperidine rings is 1. The van der Waals surface area contributed by atoms with Gasteiger partial charge in [0.2, 0.25) is 5.91 Å². The Morgan fingerprint density at radius 1 is 1.00 bits per heavy atom. The molecule has 3 rings (SSSR count). The van der Waals surface area contributed by atoms with Gasteiger partial charge in [0.1, 0.15) is 0 Å². The lowest BCUT2D eigenvalue weighted by Crippen LogP contribution is -2.42. The Hall–Kier alpha value is -3.41. The summed E-state index contributed by atoms with van der Waals surface area (Å²) in [7, 11) is 0. The van der Waals surface area contributed by atoms with Crippen LogP contribution in [0.2, 0.25) is 0 Å². The second-order valence-electron chi connectivity index (χ2n) is 8.55. The van der Waals surface area contributed by atoms with Gasteiger partial charge in [0.05, 0.1) is 5.92 Å². The zero-order chi connectivity index (χ0) is 23.6. The van der Waals surface area contributed by atoms with Gasteiger partial charge in [-0.2, -0.15) is 0 Å². The molecule has 0 aromatic heterocycles. The Morgan fingerprint density at radius 2 is 1.61 bits per heavy atom. The maximum absolute atomic E-state index is 12.7. The van der Waals surface area contributed by atoms with Gasteiger partial charge in [-0.1, -0.05) is 60.7 Å². The van der Waals surface area contributed by atoms with E-state index in [2.05, 4.69) is 0 Å². The topological polar surface area (TPSA) is 66.9 Å². The van der Waals surface area contributed by atoms with Crippen LogP contribution in [0.1, 0.15) is 37.8 Å². The minimum Gasteiger partial charge on any atom is -0.455 e. The molecule has 0 saturated carbocycles. The van der Waals surface area contributed by atoms with Crippen LogP contribution in [0.3, 0.4) is 0 Å². The molecule has 1 aliphatic rings. The summed E-state index contributed by atoms with van der Waals surface area (Å²) in [5.74, 6) is -0.921. The third-order valence-corrected chi connectivity index (χ3v) is 5.84. The molecule has 6 heteroatoms. The molecule has 0 spiro atoms. The zero-order valence-corrected chi connectivity index (χ0v) is 19.4. The Morgan fingerprint density at radius 3 is 2.21 bits per heavy atom. The van der Waals surface area contributed by atoms with Crippen LogP contribution < -0.4 is 0 Å². The molecule has 2 aromatic carbocycles. The van der Waals surface area contributed by atoms with Crippen LogP contribution in [0.5, 0.6) is 0 Å². The molecule has 0 bridgehead atoms. The lowest BCUT2D eigenvalue weighted by atomic mass is 9.97. The molecule has 174 valence electrons. The summed E-state index contributed by atoms with van der Waals surface area (Å²) in [5.41, 5.74) is 2.00. The standard InChI is InChI=1S/C27H32N2O4/c1-21(2)29(19-23-11-7-4-8-12-23)26(31)20-33-27(32)24-15-17-28(18-16-24)25(30)14-13-22-9-5-3-6-10-22/h3-14,21,24H,15-20H2,1-2H3/b14-13+. The van der Waals surface area contributed by atoms with Crippen molar-refractivity contribution < 1.29 is 19.1 Å². The van der Waals surface area contributed by atoms with Crippen LogP contribution in [0.15, 0.2) is 66.7 Å². The largest absolute Gasteiger partial charge is 0.455 e. The number of carbonyl (C=O) groups is 3. The summed E-state index contributed by atoms with van der Waals surface area (Å²) in [5, 5.41) is 0. The van der Waals surface area contributed by atoms with E-state index in [-0.39, 0.29) is 36.4 Å². The van der Waals surface area contributed by atoms with Crippen molar-refractivity contribution in [3.8, 4) is 0 Å². The molecule has 0 N–H and O–H groups in total. The van der Waals surface area contributed by atoms with Gasteiger partial charge < -0.3 is 14.5 Å². The fourth-order valence-electron chi connectivity index (χ4n) is 3.85. The van der Waals surface area contributed by atoms with Crippen molar-refractivity contribution in [1.82, 2.24) is 9.80 Å². The SMILES string of the molecule is CC(C)N(Cc1ccccc1)C(=O)COC(=O)C1CCN(C(=O)/C=C/c2ccccc2)CC1.